The Hall–Kier alpha value is -1.88. The summed E-state index contributed by atoms with van der Waals surface area (Å²) in [6, 6.07) is 7.12. The fourth-order valence-corrected chi connectivity index (χ4v) is 1.67. The van der Waals surface area contributed by atoms with Crippen LogP contribution in [0, 0.1) is 5.82 Å². The molecule has 0 aliphatic carbocycles. The predicted molar refractivity (Wildman–Crippen MR) is 65.1 cm³/mol. The maximum atomic E-state index is 13.7. The molecule has 2 rings (SSSR count). The number of nitrogen functional groups attached to an aromatic ring is 2. The van der Waals surface area contributed by atoms with Gasteiger partial charge in [-0.25, -0.2) is 9.37 Å². The van der Waals surface area contributed by atoms with E-state index >= 15 is 0 Å². The van der Waals surface area contributed by atoms with Crippen LogP contribution < -0.4 is 11.5 Å². The van der Waals surface area contributed by atoms with E-state index in [1.54, 1.807) is 18.2 Å². The number of benzene rings is 1. The van der Waals surface area contributed by atoms with Crippen molar-refractivity contribution in [1.29, 1.82) is 0 Å². The summed E-state index contributed by atoms with van der Waals surface area (Å²) >= 11 is 5.98. The van der Waals surface area contributed by atoms with E-state index in [1.165, 1.54) is 0 Å². The van der Waals surface area contributed by atoms with Gasteiger partial charge in [-0.1, -0.05) is 29.8 Å². The van der Waals surface area contributed by atoms with Gasteiger partial charge < -0.3 is 11.5 Å². The van der Waals surface area contributed by atoms with Crippen molar-refractivity contribution in [3.05, 3.63) is 46.4 Å². The van der Waals surface area contributed by atoms with Gasteiger partial charge in [0, 0.05) is 11.4 Å². The van der Waals surface area contributed by atoms with E-state index in [0.717, 1.165) is 5.56 Å². The largest absolute Gasteiger partial charge is 0.381 e. The highest BCUT2D eigenvalue weighted by molar-refractivity contribution is 6.31. The number of hydrogen-bond donors (Lipinski definition) is 2. The maximum Gasteiger partial charge on any atom is 0.222 e. The highest BCUT2D eigenvalue weighted by Crippen LogP contribution is 2.21. The molecular weight excluding hydrogens is 243 g/mol. The molecule has 0 aliphatic rings. The molecule has 2 aromatic rings. The summed E-state index contributed by atoms with van der Waals surface area (Å²) in [5, 5.41) is 0.544. The van der Waals surface area contributed by atoms with E-state index < -0.39 is 5.82 Å². The average Bonchev–Trinajstić information content (AvgIpc) is 2.28. The number of rotatable bonds is 2. The minimum Gasteiger partial charge on any atom is -0.381 e. The number of hydrogen-bond acceptors (Lipinski definition) is 4. The van der Waals surface area contributed by atoms with E-state index in [4.69, 9.17) is 23.1 Å². The number of nitrogens with zero attached hydrogens (tertiary/aromatic N) is 2. The van der Waals surface area contributed by atoms with Crippen molar-refractivity contribution in [3.8, 4) is 0 Å². The van der Waals surface area contributed by atoms with E-state index in [9.17, 15) is 4.39 Å². The summed E-state index contributed by atoms with van der Waals surface area (Å²) < 4.78 is 13.7. The van der Waals surface area contributed by atoms with Gasteiger partial charge in [-0.3, -0.25) is 0 Å². The Bertz CT molecular complexity index is 559. The average molecular weight is 253 g/mol. The van der Waals surface area contributed by atoms with Gasteiger partial charge in [-0.2, -0.15) is 4.98 Å². The fourth-order valence-electron chi connectivity index (χ4n) is 1.47. The lowest BCUT2D eigenvalue weighted by Crippen LogP contribution is -2.08. The molecule has 17 heavy (non-hydrogen) atoms. The Kier molecular flexibility index (Phi) is 3.10. The van der Waals surface area contributed by atoms with Gasteiger partial charge in [0.2, 0.25) is 5.95 Å². The lowest BCUT2D eigenvalue weighted by molar-refractivity contribution is 0.603. The maximum absolute atomic E-state index is 13.7. The normalized spacial score (nSPS) is 10.5. The van der Waals surface area contributed by atoms with Crippen molar-refractivity contribution >= 4 is 23.4 Å². The van der Waals surface area contributed by atoms with E-state index in [1.807, 2.05) is 6.07 Å². The van der Waals surface area contributed by atoms with Gasteiger partial charge in [0.15, 0.2) is 11.6 Å². The van der Waals surface area contributed by atoms with Gasteiger partial charge in [-0.05, 0) is 11.6 Å². The van der Waals surface area contributed by atoms with Crippen LogP contribution in [0.2, 0.25) is 5.02 Å². The first-order chi connectivity index (χ1) is 8.08. The molecule has 0 saturated carbocycles. The third-order valence-electron chi connectivity index (χ3n) is 2.28. The molecule has 0 unspecified atom stereocenters. The Labute approximate surface area is 102 Å². The van der Waals surface area contributed by atoms with Crippen molar-refractivity contribution in [2.75, 3.05) is 11.5 Å². The molecule has 0 bridgehead atoms. The minimum atomic E-state index is -0.654. The van der Waals surface area contributed by atoms with Crippen LogP contribution in [0.1, 0.15) is 11.3 Å². The van der Waals surface area contributed by atoms with Crippen LogP contribution in [-0.4, -0.2) is 9.97 Å². The van der Waals surface area contributed by atoms with Crippen molar-refractivity contribution < 1.29 is 4.39 Å². The van der Waals surface area contributed by atoms with Crippen molar-refractivity contribution in [2.24, 2.45) is 0 Å². The van der Waals surface area contributed by atoms with E-state index in [2.05, 4.69) is 9.97 Å². The van der Waals surface area contributed by atoms with Crippen LogP contribution in [0.15, 0.2) is 24.3 Å². The first kappa shape index (κ1) is 11.6. The first-order valence-electron chi connectivity index (χ1n) is 4.88. The molecule has 0 spiro atoms. The zero-order chi connectivity index (χ0) is 12.4. The SMILES string of the molecule is Nc1nc(N)c(F)c(Cc2ccccc2Cl)n1. The number of halogens is 2. The summed E-state index contributed by atoms with van der Waals surface area (Å²) in [7, 11) is 0. The molecule has 6 heteroatoms. The Morgan fingerprint density at radius 1 is 1.18 bits per heavy atom. The summed E-state index contributed by atoms with van der Waals surface area (Å²) in [5.74, 6) is -0.954. The lowest BCUT2D eigenvalue weighted by Gasteiger charge is -2.06. The molecule has 88 valence electrons. The summed E-state index contributed by atoms with van der Waals surface area (Å²) in [6.07, 6.45) is 0.225. The van der Waals surface area contributed by atoms with Crippen LogP contribution in [0.3, 0.4) is 0 Å². The smallest absolute Gasteiger partial charge is 0.222 e. The molecule has 0 radical (unpaired) electrons. The van der Waals surface area contributed by atoms with Gasteiger partial charge >= 0.3 is 0 Å². The fraction of sp³-hybridized carbons (Fsp3) is 0.0909. The highest BCUT2D eigenvalue weighted by atomic mass is 35.5. The van der Waals surface area contributed by atoms with E-state index in [0.29, 0.717) is 5.02 Å². The van der Waals surface area contributed by atoms with Crippen molar-refractivity contribution in [3.63, 3.8) is 0 Å². The molecule has 4 N–H and O–H groups in total. The van der Waals surface area contributed by atoms with Crippen molar-refractivity contribution in [1.82, 2.24) is 9.97 Å². The molecule has 0 amide bonds. The van der Waals surface area contributed by atoms with Gasteiger partial charge in [0.05, 0.1) is 5.69 Å². The van der Waals surface area contributed by atoms with E-state index in [-0.39, 0.29) is 23.9 Å². The first-order valence-corrected chi connectivity index (χ1v) is 5.26. The standard InChI is InChI=1S/C11H10ClFN4/c12-7-4-2-1-3-6(7)5-8-9(13)10(14)17-11(15)16-8/h1-4H,5H2,(H4,14,15,16,17). The number of nitrogens with two attached hydrogens (primary N) is 2. The van der Waals surface area contributed by atoms with Gasteiger partial charge in [0.25, 0.3) is 0 Å². The molecule has 1 aromatic heterocycles. The molecule has 0 atom stereocenters. The lowest BCUT2D eigenvalue weighted by atomic mass is 10.1. The molecule has 0 fully saturated rings. The Morgan fingerprint density at radius 3 is 2.59 bits per heavy atom. The molecule has 1 heterocycles. The molecule has 1 aromatic carbocycles. The van der Waals surface area contributed by atoms with Crippen LogP contribution in [0.25, 0.3) is 0 Å². The minimum absolute atomic E-state index is 0.0500. The second-order valence-electron chi connectivity index (χ2n) is 3.50. The molecular formula is C11H10ClFN4. The monoisotopic (exact) mass is 252 g/mol. The second kappa shape index (κ2) is 4.55. The highest BCUT2D eigenvalue weighted by Gasteiger charge is 2.12. The zero-order valence-corrected chi connectivity index (χ0v) is 9.58. The molecule has 0 saturated heterocycles. The predicted octanol–water partition coefficient (Wildman–Crippen LogP) is 2.02. The quantitative estimate of drug-likeness (QED) is 0.857. The van der Waals surface area contributed by atoms with Crippen LogP contribution in [-0.2, 0) is 6.42 Å². The summed E-state index contributed by atoms with van der Waals surface area (Å²) in [6.45, 7) is 0. The van der Waals surface area contributed by atoms with Crippen LogP contribution >= 0.6 is 11.6 Å². The second-order valence-corrected chi connectivity index (χ2v) is 3.90. The zero-order valence-electron chi connectivity index (χ0n) is 8.82. The Balaban J connectivity index is 2.40. The molecule has 4 nitrogen and oxygen atoms in total. The third kappa shape index (κ3) is 2.45. The summed E-state index contributed by atoms with van der Waals surface area (Å²) in [5.41, 5.74) is 11.7. The Morgan fingerprint density at radius 2 is 1.88 bits per heavy atom. The van der Waals surface area contributed by atoms with Crippen molar-refractivity contribution in [2.45, 2.75) is 6.42 Å². The third-order valence-corrected chi connectivity index (χ3v) is 2.65. The van der Waals surface area contributed by atoms with Crippen LogP contribution in [0.4, 0.5) is 16.2 Å². The number of anilines is 2. The number of aromatic nitrogens is 2. The summed E-state index contributed by atoms with van der Waals surface area (Å²) in [4.78, 5) is 7.36. The van der Waals surface area contributed by atoms with Gasteiger partial charge in [0.1, 0.15) is 0 Å². The molecule has 0 aliphatic heterocycles. The van der Waals surface area contributed by atoms with Crippen LogP contribution in [0.5, 0.6) is 0 Å². The topological polar surface area (TPSA) is 77.8 Å². The van der Waals surface area contributed by atoms with Gasteiger partial charge in [-0.15, -0.1) is 0 Å².